The highest BCUT2D eigenvalue weighted by molar-refractivity contribution is 6.31. The van der Waals surface area contributed by atoms with Crippen molar-refractivity contribution in [2.75, 3.05) is 66.0 Å². The minimum absolute atomic E-state index is 0.100. The number of amides is 5. The van der Waals surface area contributed by atoms with E-state index in [2.05, 4.69) is 72.3 Å². The van der Waals surface area contributed by atoms with Crippen LogP contribution in [0.25, 0.3) is 115 Å². The van der Waals surface area contributed by atoms with E-state index >= 15 is 0 Å². The van der Waals surface area contributed by atoms with E-state index in [9.17, 15) is 44.1 Å². The van der Waals surface area contributed by atoms with E-state index in [1.807, 2.05) is 220 Å². The first kappa shape index (κ1) is 98.7. The number of carbonyl (C=O) groups excluding carboxylic acids is 5. The third-order valence-corrected chi connectivity index (χ3v) is 22.7. The van der Waals surface area contributed by atoms with Gasteiger partial charge in [-0.3, -0.25) is 49.5 Å². The van der Waals surface area contributed by atoms with Crippen LogP contribution in [0, 0.1) is 5.92 Å². The molecule has 5 aromatic heterocycles. The molecule has 20 N–H and O–H groups in total. The number of nitrogens with zero attached hydrogens (tertiary/aromatic N) is 5. The smallest absolute Gasteiger partial charge is 0.339 e. The lowest BCUT2D eigenvalue weighted by Gasteiger charge is -2.20. The molecule has 0 saturated heterocycles. The molecule has 11 aromatic carbocycles. The maximum Gasteiger partial charge on any atom is 0.339 e. The number of aromatic amines is 5. The Kier molecular flexibility index (Phi) is 33.1. The SMILES string of the molecule is COc1c(C(=O)NC2CC2)ccc2n[nH]c(/C=C/c3ccc(N)cc3)c12.COc1c(C(=O)N[C@@H](C)C(N)=O)ccc2n[nH]c(/C=C/c3ccc(Cl)cc3)c12.COc1c(C(=O)N[C@H](CO)C(C)C)ccc2n[nH]c(/C=C/c3ccc(N)cc3)c12.COc1c(C(=O)N[C@H](CO)c2ccccc2)ccc2n[nH]c(/C=C/c3ccc(Cl)cc3)c12.COc1c(C(=O)O)ccc2n[nH]c(/C=C/c3ccc(N)cc3)c12. The molecular weight excluding hydrogens is 1800 g/mol. The van der Waals surface area contributed by atoms with Crippen LogP contribution in [0.3, 0.4) is 0 Å². The number of carboxylic acid groups (broad SMARTS) is 1. The molecule has 0 unspecified atom stereocenters. The van der Waals surface area contributed by atoms with E-state index in [1.54, 1.807) is 67.8 Å². The van der Waals surface area contributed by atoms with Crippen molar-refractivity contribution in [1.29, 1.82) is 0 Å². The first-order valence-corrected chi connectivity index (χ1v) is 44.2. The van der Waals surface area contributed by atoms with Crippen molar-refractivity contribution in [3.05, 3.63) is 312 Å². The maximum atomic E-state index is 13.1. The molecule has 1 aliphatic carbocycles. The van der Waals surface area contributed by atoms with Crippen LogP contribution >= 0.6 is 23.2 Å². The zero-order chi connectivity index (χ0) is 98.2. The molecule has 0 aliphatic heterocycles. The summed E-state index contributed by atoms with van der Waals surface area (Å²) >= 11 is 11.9. The van der Waals surface area contributed by atoms with Gasteiger partial charge in [-0.25, -0.2) is 4.79 Å². The topological polar surface area (TPSA) is 505 Å². The first-order valence-electron chi connectivity index (χ1n) is 43.5. The van der Waals surface area contributed by atoms with Crippen molar-refractivity contribution in [3.8, 4) is 28.7 Å². The summed E-state index contributed by atoms with van der Waals surface area (Å²) in [5, 5.41) is 81.0. The number of nitrogens with two attached hydrogens (primary N) is 4. The molecule has 32 nitrogen and oxygen atoms in total. The number of primary amides is 1. The summed E-state index contributed by atoms with van der Waals surface area (Å²) in [6, 6.07) is 62.2. The van der Waals surface area contributed by atoms with Gasteiger partial charge in [-0.05, 0) is 211 Å². The number of nitrogen functional groups attached to an aromatic ring is 3. The second-order valence-corrected chi connectivity index (χ2v) is 32.8. The minimum Gasteiger partial charge on any atom is -0.495 e. The molecule has 5 amide bonds. The van der Waals surface area contributed by atoms with Gasteiger partial charge in [0.2, 0.25) is 5.91 Å². The number of anilines is 3. The lowest BCUT2D eigenvalue weighted by atomic mass is 10.0. The van der Waals surface area contributed by atoms with Crippen LogP contribution in [0.2, 0.25) is 10.0 Å². The van der Waals surface area contributed by atoms with E-state index in [0.29, 0.717) is 122 Å². The number of carbonyl (C=O) groups is 6. The average Bonchev–Trinajstić information content (AvgIpc) is 1.63. The highest BCUT2D eigenvalue weighted by Gasteiger charge is 2.30. The molecule has 0 bridgehead atoms. The summed E-state index contributed by atoms with van der Waals surface area (Å²) < 4.78 is 27.6. The van der Waals surface area contributed by atoms with Gasteiger partial charge in [0.1, 0.15) is 40.4 Å². The summed E-state index contributed by atoms with van der Waals surface area (Å²) in [7, 11) is 7.54. The summed E-state index contributed by atoms with van der Waals surface area (Å²) in [6.45, 7) is 5.05. The Morgan fingerprint density at radius 2 is 0.659 bits per heavy atom. The number of hydrogen-bond acceptors (Lipinski definition) is 21. The molecule has 0 spiro atoms. The Hall–Kier alpha value is -16.8. The van der Waals surface area contributed by atoms with E-state index in [1.165, 1.54) is 41.4 Å². The fourth-order valence-corrected chi connectivity index (χ4v) is 14.8. The molecule has 138 heavy (non-hydrogen) atoms. The number of aliphatic hydroxyl groups excluding tert-OH is 2. The van der Waals surface area contributed by atoms with Gasteiger partial charge in [-0.1, -0.05) is 158 Å². The summed E-state index contributed by atoms with van der Waals surface area (Å²) in [6.07, 6.45) is 21.0. The van der Waals surface area contributed by atoms with Crippen LogP contribution in [-0.4, -0.2) is 169 Å². The van der Waals surface area contributed by atoms with E-state index in [-0.39, 0.29) is 60.1 Å². The van der Waals surface area contributed by atoms with Gasteiger partial charge in [0.05, 0.1) is 166 Å². The quantitative estimate of drug-likeness (QED) is 0.0194. The number of H-pyrrole nitrogens is 5. The maximum absolute atomic E-state index is 13.1. The van der Waals surface area contributed by atoms with Crippen molar-refractivity contribution in [1.82, 2.24) is 72.3 Å². The van der Waals surface area contributed by atoms with Gasteiger partial charge >= 0.3 is 5.97 Å². The number of benzene rings is 11. The largest absolute Gasteiger partial charge is 0.495 e. The van der Waals surface area contributed by atoms with Crippen LogP contribution in [0.15, 0.2) is 212 Å². The number of ether oxygens (including phenoxy) is 5. The van der Waals surface area contributed by atoms with Crippen molar-refractivity contribution in [2.45, 2.75) is 57.8 Å². The van der Waals surface area contributed by atoms with Gasteiger partial charge in [0.15, 0.2) is 0 Å². The molecule has 706 valence electrons. The number of aromatic carboxylic acids is 1. The molecule has 1 saturated carbocycles. The van der Waals surface area contributed by atoms with Gasteiger partial charge in [-0.15, -0.1) is 0 Å². The molecular formula is C104H102Cl2N18O14. The number of aromatic nitrogens is 10. The van der Waals surface area contributed by atoms with E-state index in [4.69, 9.17) is 69.8 Å². The number of nitrogens with one attached hydrogen (secondary N) is 9. The van der Waals surface area contributed by atoms with Crippen LogP contribution in [0.5, 0.6) is 28.7 Å². The normalized spacial score (nSPS) is 12.5. The number of halogens is 2. The van der Waals surface area contributed by atoms with Crippen molar-refractivity contribution in [2.24, 2.45) is 11.7 Å². The Morgan fingerprint density at radius 3 is 0.935 bits per heavy atom. The fraction of sp³-hybridized carbons (Fsp3) is 0.163. The Labute approximate surface area is 802 Å². The lowest BCUT2D eigenvalue weighted by Crippen LogP contribution is -2.42. The van der Waals surface area contributed by atoms with Crippen LogP contribution in [0.4, 0.5) is 17.1 Å². The molecule has 0 radical (unpaired) electrons. The standard InChI is InChI=1S/C25H22ClN3O3.C22H26N4O3.C20H19ClN4O3.C20H20N4O2.C17H15N3O3/c1-32-24-19(25(31)27-22(15-30)17-5-3-2-4-6-17)12-14-21-23(24)20(28-29-21)13-9-16-7-10-18(26)11-8-16;1-13(2)19(12-27)24-22(28)16-9-11-18-20(21(16)29-3)17(25-26-18)10-6-14-4-7-15(23)8-5-14;1-11(19(22)26)23-20(27)14-8-10-16-17(18(14)28-2)15(24-25-16)9-5-12-3-6-13(21)7-4-12;1-26-19-15(20(25)22-14-7-8-14)9-11-17-18(19)16(23-24-17)10-4-12-2-5-13(21)6-3-12;1-23-16-12(17(21)22)7-9-14-15(16)13(19-20-14)8-4-10-2-5-11(18)6-3-10/h2-14,22,30H,15H2,1H3,(H,27,31)(H,28,29);4-11,13,19,27H,12,23H2,1-3H3,(H,24,28)(H,25,26);3-11H,1-2H3,(H2,22,26)(H,23,27)(H,24,25);2-6,9-11,14H,7-8,21H2,1H3,(H,22,25)(H,23,24);2-9H,18H2,1H3,(H,19,20)(H,21,22)/b13-9+;10-6+;9-5+;10-4+;8-4+/t22-;19-;11-;;/m110../s1. The van der Waals surface area contributed by atoms with Gasteiger partial charge in [0.25, 0.3) is 23.6 Å². The monoisotopic (exact) mass is 1900 g/mol. The van der Waals surface area contributed by atoms with Crippen LogP contribution in [0.1, 0.15) is 153 Å². The highest BCUT2D eigenvalue weighted by atomic mass is 35.5. The predicted octanol–water partition coefficient (Wildman–Crippen LogP) is 17.2. The number of carboxylic acids is 1. The highest BCUT2D eigenvalue weighted by Crippen LogP contribution is 2.39. The van der Waals surface area contributed by atoms with Crippen molar-refractivity contribution in [3.63, 3.8) is 0 Å². The molecule has 1 fully saturated rings. The Bertz CT molecular complexity index is 7190. The minimum atomic E-state index is -1.04. The summed E-state index contributed by atoms with van der Waals surface area (Å²) in [4.78, 5) is 73.6. The Balaban J connectivity index is 0.000000146. The number of hydrogen-bond donors (Lipinski definition) is 16. The third-order valence-electron chi connectivity index (χ3n) is 22.2. The molecule has 16 aromatic rings. The van der Waals surface area contributed by atoms with Crippen molar-refractivity contribution < 1.29 is 67.8 Å². The van der Waals surface area contributed by atoms with Gasteiger partial charge in [0, 0.05) is 33.1 Å². The second kappa shape index (κ2) is 46.2. The van der Waals surface area contributed by atoms with Crippen molar-refractivity contribution >= 4 is 191 Å². The zero-order valence-corrected chi connectivity index (χ0v) is 77.8. The summed E-state index contributed by atoms with van der Waals surface area (Å²) in [5.41, 5.74) is 38.8. The molecule has 3 atom stereocenters. The molecule has 34 heteroatoms. The number of fused-ring (bicyclic) bond motifs is 5. The predicted molar refractivity (Wildman–Crippen MR) is 544 cm³/mol. The van der Waals surface area contributed by atoms with E-state index < -0.39 is 29.9 Å². The number of rotatable bonds is 29. The average molecular weight is 1900 g/mol. The van der Waals surface area contributed by atoms with Gasteiger partial charge in [-0.2, -0.15) is 25.5 Å². The van der Waals surface area contributed by atoms with Crippen LogP contribution in [-0.2, 0) is 4.79 Å². The third kappa shape index (κ3) is 24.4. The summed E-state index contributed by atoms with van der Waals surface area (Å²) in [5.74, 6) is -0.747. The first-order chi connectivity index (χ1) is 66.7. The Morgan fingerprint density at radius 1 is 0.377 bits per heavy atom. The fourth-order valence-electron chi connectivity index (χ4n) is 14.6. The number of methoxy groups -OCH3 is 5. The zero-order valence-electron chi connectivity index (χ0n) is 76.3. The van der Waals surface area contributed by atoms with Gasteiger partial charge < -0.3 is 83.2 Å². The molecule has 17 rings (SSSR count). The number of aliphatic hydroxyl groups is 2. The lowest BCUT2D eigenvalue weighted by molar-refractivity contribution is -0.119. The second-order valence-electron chi connectivity index (χ2n) is 31.9. The molecule has 5 heterocycles. The van der Waals surface area contributed by atoms with Crippen LogP contribution < -0.4 is 67.9 Å². The molecule has 1 aliphatic rings. The van der Waals surface area contributed by atoms with E-state index in [0.717, 1.165) is 79.6 Å².